The van der Waals surface area contributed by atoms with Gasteiger partial charge in [0.1, 0.15) is 0 Å². The third-order valence-electron chi connectivity index (χ3n) is 2.91. The smallest absolute Gasteiger partial charge is 0.0774 e. The maximum Gasteiger partial charge on any atom is 0.0774 e. The van der Waals surface area contributed by atoms with E-state index in [1.165, 1.54) is 12.8 Å². The van der Waals surface area contributed by atoms with E-state index in [2.05, 4.69) is 10.4 Å². The molecule has 0 saturated heterocycles. The Morgan fingerprint density at radius 3 is 2.80 bits per heavy atom. The van der Waals surface area contributed by atoms with Crippen LogP contribution in [0.25, 0.3) is 6.08 Å². The van der Waals surface area contributed by atoms with Crippen molar-refractivity contribution in [3.05, 3.63) is 35.5 Å². The van der Waals surface area contributed by atoms with Gasteiger partial charge in [-0.05, 0) is 30.5 Å². The molecule has 1 heterocycles. The van der Waals surface area contributed by atoms with E-state index in [0.29, 0.717) is 5.92 Å². The Morgan fingerprint density at radius 1 is 1.33 bits per heavy atom. The number of allylic oxidation sites excluding steroid dienone is 1. The van der Waals surface area contributed by atoms with Crippen molar-refractivity contribution in [3.8, 4) is 0 Å². The highest BCUT2D eigenvalue weighted by Crippen LogP contribution is 2.41. The van der Waals surface area contributed by atoms with Gasteiger partial charge in [-0.2, -0.15) is 4.36 Å². The summed E-state index contributed by atoms with van der Waals surface area (Å²) in [6, 6.07) is 7.85. The van der Waals surface area contributed by atoms with Crippen molar-refractivity contribution >= 4 is 15.8 Å². The fourth-order valence-electron chi connectivity index (χ4n) is 1.95. The zero-order valence-corrected chi connectivity index (χ0v) is 9.46. The SMILES string of the molecule is CS1(=O)=NC(C2CC2)=Cc2ccccc21. The summed E-state index contributed by atoms with van der Waals surface area (Å²) in [6.07, 6.45) is 6.24. The number of hydrogen-bond acceptors (Lipinski definition) is 2. The van der Waals surface area contributed by atoms with Crippen molar-refractivity contribution in [2.75, 3.05) is 6.26 Å². The Hall–Kier alpha value is -1.09. The largest absolute Gasteiger partial charge is 0.245 e. The first-order valence-corrected chi connectivity index (χ1v) is 7.12. The van der Waals surface area contributed by atoms with Crippen LogP contribution in [0.4, 0.5) is 0 Å². The maximum absolute atomic E-state index is 12.4. The Balaban J connectivity index is 2.25. The van der Waals surface area contributed by atoms with Gasteiger partial charge < -0.3 is 0 Å². The third-order valence-corrected chi connectivity index (χ3v) is 4.65. The lowest BCUT2D eigenvalue weighted by Gasteiger charge is -2.15. The minimum absolute atomic E-state index is 0.569. The molecule has 0 N–H and O–H groups in total. The zero-order valence-electron chi connectivity index (χ0n) is 8.64. The van der Waals surface area contributed by atoms with Gasteiger partial charge in [0.05, 0.1) is 20.3 Å². The van der Waals surface area contributed by atoms with E-state index in [0.717, 1.165) is 16.2 Å². The van der Waals surface area contributed by atoms with Crippen LogP contribution in [0.15, 0.2) is 39.2 Å². The van der Waals surface area contributed by atoms with E-state index in [1.807, 2.05) is 24.3 Å². The fourth-order valence-corrected chi connectivity index (χ4v) is 3.55. The van der Waals surface area contributed by atoms with Crippen molar-refractivity contribution in [3.63, 3.8) is 0 Å². The van der Waals surface area contributed by atoms with Gasteiger partial charge in [0.15, 0.2) is 0 Å². The molecule has 1 saturated carbocycles. The highest BCUT2D eigenvalue weighted by molar-refractivity contribution is 7.93. The van der Waals surface area contributed by atoms with Crippen molar-refractivity contribution in [2.24, 2.45) is 10.3 Å². The molecular weight excluding hydrogens is 206 g/mol. The lowest BCUT2D eigenvalue weighted by Crippen LogP contribution is -2.05. The minimum atomic E-state index is -2.19. The lowest BCUT2D eigenvalue weighted by molar-refractivity contribution is 0.678. The predicted molar refractivity (Wildman–Crippen MR) is 61.9 cm³/mol. The van der Waals surface area contributed by atoms with E-state index in [-0.39, 0.29) is 0 Å². The molecule has 0 aromatic heterocycles. The third kappa shape index (κ3) is 1.51. The monoisotopic (exact) mass is 219 g/mol. The molecule has 1 aromatic carbocycles. The topological polar surface area (TPSA) is 29.4 Å². The van der Waals surface area contributed by atoms with Crippen LogP contribution in [0.1, 0.15) is 18.4 Å². The molecule has 1 aromatic rings. The molecule has 1 fully saturated rings. The van der Waals surface area contributed by atoms with Crippen molar-refractivity contribution in [1.82, 2.24) is 0 Å². The van der Waals surface area contributed by atoms with Crippen LogP contribution in [-0.4, -0.2) is 10.5 Å². The van der Waals surface area contributed by atoms with E-state index < -0.39 is 9.73 Å². The first kappa shape index (κ1) is 9.16. The second kappa shape index (κ2) is 2.95. The number of fused-ring (bicyclic) bond motifs is 1. The normalized spacial score (nSPS) is 29.0. The summed E-state index contributed by atoms with van der Waals surface area (Å²) in [5.41, 5.74) is 2.13. The first-order valence-electron chi connectivity index (χ1n) is 5.20. The van der Waals surface area contributed by atoms with Crippen molar-refractivity contribution in [2.45, 2.75) is 17.7 Å². The summed E-state index contributed by atoms with van der Waals surface area (Å²) >= 11 is 0. The molecule has 78 valence electrons. The summed E-state index contributed by atoms with van der Waals surface area (Å²) in [6.45, 7) is 0. The van der Waals surface area contributed by atoms with Crippen LogP contribution in [0, 0.1) is 5.92 Å². The van der Waals surface area contributed by atoms with Gasteiger partial charge in [-0.25, -0.2) is 4.21 Å². The molecular formula is C12H13NOS. The summed E-state index contributed by atoms with van der Waals surface area (Å²) in [5, 5.41) is 0. The second-order valence-electron chi connectivity index (χ2n) is 4.28. The van der Waals surface area contributed by atoms with Gasteiger partial charge in [-0.3, -0.25) is 0 Å². The van der Waals surface area contributed by atoms with Crippen LogP contribution in [0.3, 0.4) is 0 Å². The number of hydrogen-bond donors (Lipinski definition) is 0. The van der Waals surface area contributed by atoms with Crippen LogP contribution < -0.4 is 0 Å². The summed E-state index contributed by atoms with van der Waals surface area (Å²) < 4.78 is 16.8. The molecule has 1 unspecified atom stereocenters. The number of nitrogens with zero attached hydrogens (tertiary/aromatic N) is 1. The van der Waals surface area contributed by atoms with E-state index in [1.54, 1.807) is 6.26 Å². The average Bonchev–Trinajstić information content (AvgIpc) is 2.99. The second-order valence-corrected chi connectivity index (χ2v) is 6.50. The minimum Gasteiger partial charge on any atom is -0.245 e. The van der Waals surface area contributed by atoms with Crippen LogP contribution in [0.2, 0.25) is 0 Å². The van der Waals surface area contributed by atoms with Crippen LogP contribution in [0.5, 0.6) is 0 Å². The molecule has 2 nitrogen and oxygen atoms in total. The molecule has 3 heteroatoms. The number of benzene rings is 1. The van der Waals surface area contributed by atoms with Crippen molar-refractivity contribution in [1.29, 1.82) is 0 Å². The van der Waals surface area contributed by atoms with Gasteiger partial charge in [0.25, 0.3) is 0 Å². The van der Waals surface area contributed by atoms with Crippen LogP contribution >= 0.6 is 0 Å². The molecule has 1 aliphatic carbocycles. The molecule has 1 atom stereocenters. The molecule has 2 aliphatic rings. The number of rotatable bonds is 1. The van der Waals surface area contributed by atoms with Gasteiger partial charge >= 0.3 is 0 Å². The Morgan fingerprint density at radius 2 is 2.07 bits per heavy atom. The van der Waals surface area contributed by atoms with Gasteiger partial charge in [-0.15, -0.1) is 0 Å². The van der Waals surface area contributed by atoms with Gasteiger partial charge in [0, 0.05) is 12.2 Å². The van der Waals surface area contributed by atoms with Crippen LogP contribution in [-0.2, 0) is 9.73 Å². The summed E-state index contributed by atoms with van der Waals surface area (Å²) in [7, 11) is -2.19. The fraction of sp³-hybridized carbons (Fsp3) is 0.333. The summed E-state index contributed by atoms with van der Waals surface area (Å²) in [5.74, 6) is 0.569. The molecule has 0 amide bonds. The van der Waals surface area contributed by atoms with Crippen molar-refractivity contribution < 1.29 is 4.21 Å². The predicted octanol–water partition coefficient (Wildman–Crippen LogP) is 2.91. The van der Waals surface area contributed by atoms with E-state index in [4.69, 9.17) is 0 Å². The standard InChI is InChI=1S/C12H13NOS/c1-15(14)12-5-3-2-4-10(12)8-11(13-15)9-6-7-9/h2-5,8-9H,6-7H2,1H3. The zero-order chi connectivity index (χ0) is 10.5. The highest BCUT2D eigenvalue weighted by atomic mass is 32.2. The molecule has 0 radical (unpaired) electrons. The van der Waals surface area contributed by atoms with E-state index >= 15 is 0 Å². The summed E-state index contributed by atoms with van der Waals surface area (Å²) in [4.78, 5) is 0.884. The molecule has 3 rings (SSSR count). The molecule has 15 heavy (non-hydrogen) atoms. The molecule has 1 aliphatic heterocycles. The average molecular weight is 219 g/mol. The molecule has 0 bridgehead atoms. The first-order chi connectivity index (χ1) is 7.17. The molecule has 0 spiro atoms. The lowest BCUT2D eigenvalue weighted by atomic mass is 10.1. The van der Waals surface area contributed by atoms with Gasteiger partial charge in [-0.1, -0.05) is 18.2 Å². The van der Waals surface area contributed by atoms with E-state index in [9.17, 15) is 4.21 Å². The Labute approximate surface area is 90.2 Å². The highest BCUT2D eigenvalue weighted by Gasteiger charge is 2.29. The Bertz CT molecular complexity index is 561. The quantitative estimate of drug-likeness (QED) is 0.714. The maximum atomic E-state index is 12.4. The van der Waals surface area contributed by atoms with Gasteiger partial charge in [0.2, 0.25) is 0 Å². The Kier molecular flexibility index (Phi) is 1.80.